The minimum absolute atomic E-state index is 0.0904. The van der Waals surface area contributed by atoms with E-state index in [1.807, 2.05) is 29.3 Å². The number of aromatic nitrogens is 3. The summed E-state index contributed by atoms with van der Waals surface area (Å²) in [5.74, 6) is 2.22. The first-order valence-corrected chi connectivity index (χ1v) is 8.57. The first-order valence-electron chi connectivity index (χ1n) is 8.57. The topological polar surface area (TPSA) is 51.0 Å². The number of likely N-dealkylation sites (tertiary alicyclic amines) is 1. The molecule has 2 aliphatic rings. The van der Waals surface area contributed by atoms with Crippen molar-refractivity contribution in [3.63, 3.8) is 0 Å². The Morgan fingerprint density at radius 3 is 2.78 bits per heavy atom. The highest BCUT2D eigenvalue weighted by Crippen LogP contribution is 2.36. The van der Waals surface area contributed by atoms with Gasteiger partial charge in [0.1, 0.15) is 0 Å². The number of rotatable bonds is 2. The number of amides is 1. The van der Waals surface area contributed by atoms with Crippen molar-refractivity contribution in [1.29, 1.82) is 0 Å². The van der Waals surface area contributed by atoms with E-state index in [1.54, 1.807) is 17.1 Å². The van der Waals surface area contributed by atoms with Gasteiger partial charge in [0, 0.05) is 31.7 Å². The molecular weight excluding hydrogens is 288 g/mol. The minimum atomic E-state index is 0.0904. The lowest BCUT2D eigenvalue weighted by Crippen LogP contribution is -2.45. The highest BCUT2D eigenvalue weighted by molar-refractivity contribution is 5.97. The molecule has 0 aromatic carbocycles. The standard InChI is InChI=1S/C18H22N4O/c23-18(21-12-8-14-5-1-2-6-15(14)13-21)16-7-3-9-19-17(16)22-11-4-10-20-22/h3-4,7,9-11,14-15H,1-2,5-6,8,12-13H2/t14-,15+/m0/s1. The van der Waals surface area contributed by atoms with Gasteiger partial charge in [0.2, 0.25) is 0 Å². The maximum Gasteiger partial charge on any atom is 0.257 e. The summed E-state index contributed by atoms with van der Waals surface area (Å²) in [6.07, 6.45) is 11.7. The van der Waals surface area contributed by atoms with Gasteiger partial charge in [-0.25, -0.2) is 9.67 Å². The predicted molar refractivity (Wildman–Crippen MR) is 87.3 cm³/mol. The van der Waals surface area contributed by atoms with Crippen molar-refractivity contribution < 1.29 is 4.79 Å². The lowest BCUT2D eigenvalue weighted by molar-refractivity contribution is 0.0520. The molecule has 23 heavy (non-hydrogen) atoms. The second-order valence-electron chi connectivity index (χ2n) is 6.67. The summed E-state index contributed by atoms with van der Waals surface area (Å²) in [7, 11) is 0. The largest absolute Gasteiger partial charge is 0.338 e. The van der Waals surface area contributed by atoms with Crippen LogP contribution in [0.4, 0.5) is 0 Å². The molecule has 120 valence electrons. The molecular formula is C18H22N4O. The molecule has 2 atom stereocenters. The fourth-order valence-electron chi connectivity index (χ4n) is 4.10. The van der Waals surface area contributed by atoms with Crippen LogP contribution >= 0.6 is 0 Å². The molecule has 0 unspecified atom stereocenters. The van der Waals surface area contributed by atoms with E-state index < -0.39 is 0 Å². The third-order valence-electron chi connectivity index (χ3n) is 5.32. The summed E-state index contributed by atoms with van der Waals surface area (Å²) in [4.78, 5) is 19.4. The van der Waals surface area contributed by atoms with Crippen molar-refractivity contribution in [3.05, 3.63) is 42.4 Å². The number of hydrogen-bond acceptors (Lipinski definition) is 3. The van der Waals surface area contributed by atoms with Crippen molar-refractivity contribution in [3.8, 4) is 5.82 Å². The van der Waals surface area contributed by atoms with Crippen LogP contribution in [0.1, 0.15) is 42.5 Å². The minimum Gasteiger partial charge on any atom is -0.338 e. The van der Waals surface area contributed by atoms with Crippen LogP contribution in [0.15, 0.2) is 36.8 Å². The molecule has 4 rings (SSSR count). The van der Waals surface area contributed by atoms with Crippen LogP contribution in [-0.2, 0) is 0 Å². The predicted octanol–water partition coefficient (Wildman–Crippen LogP) is 2.92. The van der Waals surface area contributed by atoms with Crippen molar-refractivity contribution in [2.45, 2.75) is 32.1 Å². The van der Waals surface area contributed by atoms with E-state index in [2.05, 4.69) is 10.1 Å². The van der Waals surface area contributed by atoms with Crippen LogP contribution in [0.25, 0.3) is 5.82 Å². The first kappa shape index (κ1) is 14.4. The van der Waals surface area contributed by atoms with Gasteiger partial charge < -0.3 is 4.90 Å². The monoisotopic (exact) mass is 310 g/mol. The van der Waals surface area contributed by atoms with Crippen LogP contribution in [0.5, 0.6) is 0 Å². The van der Waals surface area contributed by atoms with Gasteiger partial charge in [0.05, 0.1) is 5.56 Å². The normalized spacial score (nSPS) is 24.3. The molecule has 1 saturated heterocycles. The lowest BCUT2D eigenvalue weighted by atomic mass is 9.75. The Kier molecular flexibility index (Phi) is 3.85. The van der Waals surface area contributed by atoms with E-state index in [0.717, 1.165) is 25.4 Å². The Bertz CT molecular complexity index is 682. The summed E-state index contributed by atoms with van der Waals surface area (Å²) in [5.41, 5.74) is 0.644. The number of pyridine rings is 1. The molecule has 1 amide bonds. The molecule has 1 aliphatic carbocycles. The van der Waals surface area contributed by atoms with Crippen LogP contribution < -0.4 is 0 Å². The summed E-state index contributed by atoms with van der Waals surface area (Å²) >= 11 is 0. The molecule has 2 aromatic heterocycles. The van der Waals surface area contributed by atoms with Crippen LogP contribution in [-0.4, -0.2) is 38.7 Å². The van der Waals surface area contributed by atoms with Crippen molar-refractivity contribution in [2.75, 3.05) is 13.1 Å². The van der Waals surface area contributed by atoms with E-state index in [1.165, 1.54) is 25.7 Å². The van der Waals surface area contributed by atoms with Gasteiger partial charge >= 0.3 is 0 Å². The molecule has 2 fully saturated rings. The zero-order valence-electron chi connectivity index (χ0n) is 13.3. The first-order chi connectivity index (χ1) is 11.3. The maximum absolute atomic E-state index is 13.0. The highest BCUT2D eigenvalue weighted by Gasteiger charge is 2.33. The number of carbonyl (C=O) groups excluding carboxylic acids is 1. The quantitative estimate of drug-likeness (QED) is 0.857. The van der Waals surface area contributed by atoms with Gasteiger partial charge in [0.25, 0.3) is 5.91 Å². The zero-order valence-corrected chi connectivity index (χ0v) is 13.3. The molecule has 0 bridgehead atoms. The second kappa shape index (κ2) is 6.14. The lowest BCUT2D eigenvalue weighted by Gasteiger charge is -2.41. The van der Waals surface area contributed by atoms with E-state index in [0.29, 0.717) is 17.3 Å². The molecule has 1 aliphatic heterocycles. The molecule has 0 spiro atoms. The SMILES string of the molecule is O=C(c1cccnc1-n1cccn1)N1CC[C@@H]2CCCC[C@@H]2C1. The van der Waals surface area contributed by atoms with Gasteiger partial charge in [-0.2, -0.15) is 5.10 Å². The van der Waals surface area contributed by atoms with Gasteiger partial charge in [-0.15, -0.1) is 0 Å². The molecule has 3 heterocycles. The summed E-state index contributed by atoms with van der Waals surface area (Å²) < 4.78 is 1.67. The Balaban J connectivity index is 1.58. The fraction of sp³-hybridized carbons (Fsp3) is 0.500. The molecule has 2 aromatic rings. The van der Waals surface area contributed by atoms with Crippen LogP contribution in [0, 0.1) is 11.8 Å². The third-order valence-corrected chi connectivity index (χ3v) is 5.32. The van der Waals surface area contributed by atoms with Crippen molar-refractivity contribution in [2.24, 2.45) is 11.8 Å². The molecule has 5 nitrogen and oxygen atoms in total. The maximum atomic E-state index is 13.0. The summed E-state index contributed by atoms with van der Waals surface area (Å²) in [6.45, 7) is 1.77. The van der Waals surface area contributed by atoms with E-state index in [-0.39, 0.29) is 5.91 Å². The van der Waals surface area contributed by atoms with Crippen LogP contribution in [0.3, 0.4) is 0 Å². The third kappa shape index (κ3) is 2.76. The summed E-state index contributed by atoms with van der Waals surface area (Å²) in [6, 6.07) is 5.53. The number of hydrogen-bond donors (Lipinski definition) is 0. The average Bonchev–Trinajstić information content (AvgIpc) is 3.15. The molecule has 5 heteroatoms. The molecule has 0 radical (unpaired) electrons. The number of fused-ring (bicyclic) bond motifs is 1. The Labute approximate surface area is 136 Å². The zero-order chi connectivity index (χ0) is 15.6. The highest BCUT2D eigenvalue weighted by atomic mass is 16.2. The van der Waals surface area contributed by atoms with E-state index in [9.17, 15) is 4.79 Å². The average molecular weight is 310 g/mol. The Morgan fingerprint density at radius 2 is 1.96 bits per heavy atom. The van der Waals surface area contributed by atoms with Gasteiger partial charge in [-0.1, -0.05) is 19.3 Å². The van der Waals surface area contributed by atoms with Crippen molar-refractivity contribution >= 4 is 5.91 Å². The Hall–Kier alpha value is -2.17. The molecule has 1 saturated carbocycles. The van der Waals surface area contributed by atoms with Gasteiger partial charge in [0.15, 0.2) is 5.82 Å². The van der Waals surface area contributed by atoms with E-state index >= 15 is 0 Å². The van der Waals surface area contributed by atoms with E-state index in [4.69, 9.17) is 0 Å². The van der Waals surface area contributed by atoms with Crippen LogP contribution in [0.2, 0.25) is 0 Å². The van der Waals surface area contributed by atoms with Gasteiger partial charge in [-0.3, -0.25) is 4.79 Å². The number of piperidine rings is 1. The Morgan fingerprint density at radius 1 is 1.09 bits per heavy atom. The van der Waals surface area contributed by atoms with Gasteiger partial charge in [-0.05, 0) is 42.9 Å². The number of carbonyl (C=O) groups is 1. The smallest absolute Gasteiger partial charge is 0.257 e. The molecule has 0 N–H and O–H groups in total. The number of nitrogens with zero attached hydrogens (tertiary/aromatic N) is 4. The van der Waals surface area contributed by atoms with Crippen molar-refractivity contribution in [1.82, 2.24) is 19.7 Å². The fourth-order valence-corrected chi connectivity index (χ4v) is 4.10. The second-order valence-corrected chi connectivity index (χ2v) is 6.67. The summed E-state index contributed by atoms with van der Waals surface area (Å²) in [5, 5.41) is 4.22.